The Labute approximate surface area is 125 Å². The molecular formula is C15H12N4OS. The van der Waals surface area contributed by atoms with Gasteiger partial charge < -0.3 is 4.57 Å². The molecule has 6 heteroatoms. The Morgan fingerprint density at radius 1 is 1.29 bits per heavy atom. The molecule has 0 spiro atoms. The van der Waals surface area contributed by atoms with Gasteiger partial charge in [0.15, 0.2) is 0 Å². The number of aromatic nitrogens is 2. The van der Waals surface area contributed by atoms with Crippen LogP contribution in [0.5, 0.6) is 0 Å². The molecule has 2 aromatic heterocycles. The fourth-order valence-electron chi connectivity index (χ4n) is 1.77. The molecule has 2 heterocycles. The number of hydrogen-bond donors (Lipinski definition) is 1. The third-order valence-electron chi connectivity index (χ3n) is 2.82. The summed E-state index contributed by atoms with van der Waals surface area (Å²) >= 11 is 1.38. The Kier molecular flexibility index (Phi) is 3.88. The predicted octanol–water partition coefficient (Wildman–Crippen LogP) is 2.70. The van der Waals surface area contributed by atoms with Crippen molar-refractivity contribution in [1.82, 2.24) is 15.0 Å². The van der Waals surface area contributed by atoms with Gasteiger partial charge in [-0.15, -0.1) is 11.3 Å². The fraction of sp³-hybridized carbons (Fsp3) is 0. The molecule has 0 radical (unpaired) electrons. The van der Waals surface area contributed by atoms with Gasteiger partial charge in [-0.3, -0.25) is 4.79 Å². The van der Waals surface area contributed by atoms with Crippen LogP contribution in [0.25, 0.3) is 5.69 Å². The van der Waals surface area contributed by atoms with Crippen LogP contribution in [0.1, 0.15) is 15.2 Å². The molecule has 0 fully saturated rings. The number of thiophene rings is 1. The maximum Gasteiger partial charge on any atom is 0.281 e. The number of nitrogens with one attached hydrogen (secondary N) is 1. The lowest BCUT2D eigenvalue weighted by molar-refractivity contribution is 0.0959. The van der Waals surface area contributed by atoms with Gasteiger partial charge in [0.2, 0.25) is 0 Å². The van der Waals surface area contributed by atoms with E-state index in [1.807, 2.05) is 46.5 Å². The topological polar surface area (TPSA) is 59.3 Å². The van der Waals surface area contributed by atoms with E-state index in [1.54, 1.807) is 24.8 Å². The molecule has 1 N–H and O–H groups in total. The molecule has 0 aliphatic carbocycles. The first-order chi connectivity index (χ1) is 10.3. The summed E-state index contributed by atoms with van der Waals surface area (Å²) in [6.45, 7) is 0. The smallest absolute Gasteiger partial charge is 0.281 e. The fourth-order valence-corrected chi connectivity index (χ4v) is 2.39. The number of carbonyl (C=O) groups is 1. The number of hydrogen-bond acceptors (Lipinski definition) is 4. The largest absolute Gasteiger partial charge is 0.306 e. The van der Waals surface area contributed by atoms with Crippen LogP contribution < -0.4 is 5.43 Å². The van der Waals surface area contributed by atoms with Gasteiger partial charge in [-0.25, -0.2) is 10.4 Å². The molecule has 1 aromatic carbocycles. The van der Waals surface area contributed by atoms with Crippen LogP contribution in [0.3, 0.4) is 0 Å². The molecule has 0 aliphatic rings. The van der Waals surface area contributed by atoms with Crippen LogP contribution >= 0.6 is 11.3 Å². The third kappa shape index (κ3) is 3.24. The SMILES string of the molecule is O=C(N/N=C\c1ccc(-n2ccnc2)cc1)c1cccs1. The predicted molar refractivity (Wildman–Crippen MR) is 82.9 cm³/mol. The zero-order chi connectivity index (χ0) is 14.5. The van der Waals surface area contributed by atoms with Crippen LogP contribution in [-0.4, -0.2) is 21.7 Å². The molecule has 21 heavy (non-hydrogen) atoms. The van der Waals surface area contributed by atoms with Crippen molar-refractivity contribution >= 4 is 23.5 Å². The highest BCUT2D eigenvalue weighted by atomic mass is 32.1. The number of amides is 1. The molecule has 3 aromatic rings. The van der Waals surface area contributed by atoms with Gasteiger partial charge in [0.1, 0.15) is 0 Å². The Morgan fingerprint density at radius 3 is 2.81 bits per heavy atom. The molecule has 0 bridgehead atoms. The quantitative estimate of drug-likeness (QED) is 0.594. The van der Waals surface area contributed by atoms with Crippen molar-refractivity contribution in [2.24, 2.45) is 5.10 Å². The average Bonchev–Trinajstić information content (AvgIpc) is 3.21. The summed E-state index contributed by atoms with van der Waals surface area (Å²) in [6.07, 6.45) is 6.97. The first kappa shape index (κ1) is 13.3. The van der Waals surface area contributed by atoms with Gasteiger partial charge in [0, 0.05) is 18.1 Å². The number of benzene rings is 1. The third-order valence-corrected chi connectivity index (χ3v) is 3.69. The lowest BCUT2D eigenvalue weighted by Crippen LogP contribution is -2.16. The summed E-state index contributed by atoms with van der Waals surface area (Å²) in [4.78, 5) is 16.3. The molecule has 0 saturated heterocycles. The van der Waals surface area contributed by atoms with E-state index < -0.39 is 0 Å². The highest BCUT2D eigenvalue weighted by Gasteiger charge is 2.03. The molecular weight excluding hydrogens is 284 g/mol. The van der Waals surface area contributed by atoms with E-state index in [9.17, 15) is 4.79 Å². The highest BCUT2D eigenvalue weighted by molar-refractivity contribution is 7.12. The van der Waals surface area contributed by atoms with Crippen molar-refractivity contribution in [3.63, 3.8) is 0 Å². The summed E-state index contributed by atoms with van der Waals surface area (Å²) < 4.78 is 1.92. The summed E-state index contributed by atoms with van der Waals surface area (Å²) in [5, 5.41) is 5.81. The maximum absolute atomic E-state index is 11.7. The Bertz CT molecular complexity index is 731. The molecule has 0 atom stereocenters. The summed E-state index contributed by atoms with van der Waals surface area (Å²) in [6, 6.07) is 11.4. The number of rotatable bonds is 4. The van der Waals surface area contributed by atoms with E-state index in [2.05, 4.69) is 15.5 Å². The lowest BCUT2D eigenvalue weighted by atomic mass is 10.2. The molecule has 104 valence electrons. The number of nitrogens with zero attached hydrogens (tertiary/aromatic N) is 3. The monoisotopic (exact) mass is 296 g/mol. The Morgan fingerprint density at radius 2 is 2.14 bits per heavy atom. The van der Waals surface area contributed by atoms with Crippen LogP contribution in [-0.2, 0) is 0 Å². The van der Waals surface area contributed by atoms with Crippen LogP contribution in [0.2, 0.25) is 0 Å². The second kappa shape index (κ2) is 6.15. The normalized spacial score (nSPS) is 10.9. The standard InChI is InChI=1S/C15H12N4OS/c20-15(14-2-1-9-21-14)18-17-10-12-3-5-13(6-4-12)19-8-7-16-11-19/h1-11H,(H,18,20)/b17-10-. The van der Waals surface area contributed by atoms with Crippen molar-refractivity contribution in [3.8, 4) is 5.69 Å². The van der Waals surface area contributed by atoms with Gasteiger partial charge in [-0.2, -0.15) is 5.10 Å². The average molecular weight is 296 g/mol. The second-order valence-corrected chi connectivity index (χ2v) is 5.19. The van der Waals surface area contributed by atoms with Gasteiger partial charge in [0.05, 0.1) is 17.4 Å². The molecule has 0 unspecified atom stereocenters. The van der Waals surface area contributed by atoms with Gasteiger partial charge in [-0.05, 0) is 29.1 Å². The van der Waals surface area contributed by atoms with Gasteiger partial charge in [-0.1, -0.05) is 18.2 Å². The lowest BCUT2D eigenvalue weighted by Gasteiger charge is -2.01. The minimum atomic E-state index is -0.198. The number of imidazole rings is 1. The number of hydrazone groups is 1. The minimum Gasteiger partial charge on any atom is -0.306 e. The second-order valence-electron chi connectivity index (χ2n) is 4.24. The zero-order valence-corrected chi connectivity index (χ0v) is 11.8. The van der Waals surface area contributed by atoms with Crippen LogP contribution in [0.4, 0.5) is 0 Å². The maximum atomic E-state index is 11.7. The van der Waals surface area contributed by atoms with Crippen molar-refractivity contribution in [2.45, 2.75) is 0 Å². The molecule has 1 amide bonds. The van der Waals surface area contributed by atoms with Gasteiger partial charge in [0.25, 0.3) is 5.91 Å². The zero-order valence-electron chi connectivity index (χ0n) is 11.0. The van der Waals surface area contributed by atoms with Crippen molar-refractivity contribution in [2.75, 3.05) is 0 Å². The Balaban J connectivity index is 1.63. The summed E-state index contributed by atoms with van der Waals surface area (Å²) in [5.41, 5.74) is 4.43. The van der Waals surface area contributed by atoms with Crippen LogP contribution in [0.15, 0.2) is 65.6 Å². The highest BCUT2D eigenvalue weighted by Crippen LogP contribution is 2.09. The summed E-state index contributed by atoms with van der Waals surface area (Å²) in [5.74, 6) is -0.198. The van der Waals surface area contributed by atoms with E-state index in [1.165, 1.54) is 11.3 Å². The first-order valence-corrected chi connectivity index (χ1v) is 7.16. The molecule has 0 saturated carbocycles. The van der Waals surface area contributed by atoms with E-state index >= 15 is 0 Å². The van der Waals surface area contributed by atoms with E-state index in [4.69, 9.17) is 0 Å². The van der Waals surface area contributed by atoms with Crippen molar-refractivity contribution < 1.29 is 4.79 Å². The van der Waals surface area contributed by atoms with Crippen molar-refractivity contribution in [1.29, 1.82) is 0 Å². The molecule has 0 aliphatic heterocycles. The number of carbonyl (C=O) groups excluding carboxylic acids is 1. The van der Waals surface area contributed by atoms with E-state index in [0.717, 1.165) is 11.3 Å². The van der Waals surface area contributed by atoms with Crippen LogP contribution in [0, 0.1) is 0 Å². The van der Waals surface area contributed by atoms with Gasteiger partial charge >= 0.3 is 0 Å². The van der Waals surface area contributed by atoms with E-state index in [0.29, 0.717) is 4.88 Å². The molecule has 5 nitrogen and oxygen atoms in total. The first-order valence-electron chi connectivity index (χ1n) is 6.28. The van der Waals surface area contributed by atoms with E-state index in [-0.39, 0.29) is 5.91 Å². The van der Waals surface area contributed by atoms with Crippen molar-refractivity contribution in [3.05, 3.63) is 70.9 Å². The summed E-state index contributed by atoms with van der Waals surface area (Å²) in [7, 11) is 0. The Hall–Kier alpha value is -2.73. The molecule has 3 rings (SSSR count). The minimum absolute atomic E-state index is 0.198.